The molecule has 3 aromatic rings. The van der Waals surface area contributed by atoms with Crippen LogP contribution in [-0.4, -0.2) is 105 Å². The van der Waals surface area contributed by atoms with E-state index in [9.17, 15) is 8.42 Å². The van der Waals surface area contributed by atoms with Gasteiger partial charge in [0.2, 0.25) is 15.9 Å². The van der Waals surface area contributed by atoms with E-state index in [-0.39, 0.29) is 58.6 Å². The molecule has 204 valence electrons. The number of hydrogen-bond acceptors (Lipinski definition) is 10. The second-order valence-electron chi connectivity index (χ2n) is 9.05. The fourth-order valence-corrected chi connectivity index (χ4v) is 5.49. The Hall–Kier alpha value is -3.02. The molecule has 13 heteroatoms. The molecular weight excluding hydrogens is 526 g/mol. The smallest absolute Gasteiger partial charge is 0.242 e. The maximum absolute atomic E-state index is 12.8. The van der Waals surface area contributed by atoms with Crippen LogP contribution >= 0.6 is 13.5 Å². The quantitative estimate of drug-likeness (QED) is 0.339. The topological polar surface area (TPSA) is 125 Å². The third-order valence-corrected chi connectivity index (χ3v) is 7.89. The van der Waals surface area contributed by atoms with Gasteiger partial charge in [0.25, 0.3) is 0 Å². The summed E-state index contributed by atoms with van der Waals surface area (Å²) in [4.78, 5) is 17.2. The Bertz CT molecular complexity index is 1360. The summed E-state index contributed by atoms with van der Waals surface area (Å²) >= 11 is 0. The molecule has 0 aliphatic carbocycles. The van der Waals surface area contributed by atoms with Gasteiger partial charge in [0.1, 0.15) is 12.7 Å². The van der Waals surface area contributed by atoms with Crippen LogP contribution in [-0.2, 0) is 14.8 Å². The molecule has 4 rings (SSSR count). The third kappa shape index (κ3) is 7.30. The summed E-state index contributed by atoms with van der Waals surface area (Å²) in [6, 6.07) is 11.9. The lowest BCUT2D eigenvalue weighted by atomic mass is 10.1. The van der Waals surface area contributed by atoms with Crippen molar-refractivity contribution in [2.75, 3.05) is 71.2 Å². The largest absolute Gasteiger partial charge is 0.473 e. The number of hydrogen-bond donors (Lipinski definition) is 0. The van der Waals surface area contributed by atoms with Crippen LogP contribution in [0.15, 0.2) is 42.7 Å². The lowest BCUT2D eigenvalue weighted by Gasteiger charge is -2.32. The highest BCUT2D eigenvalue weighted by atomic mass is 32.2. The Morgan fingerprint density at radius 2 is 1.92 bits per heavy atom. The molecule has 38 heavy (non-hydrogen) atoms. The summed E-state index contributed by atoms with van der Waals surface area (Å²) in [5, 5.41) is 8.78. The molecule has 0 N–H and O–H groups in total. The Labute approximate surface area is 230 Å². The highest BCUT2D eigenvalue weighted by Gasteiger charge is 2.30. The van der Waals surface area contributed by atoms with Crippen LogP contribution in [0, 0.1) is 11.3 Å². The highest BCUT2D eigenvalue weighted by Crippen LogP contribution is 2.28. The van der Waals surface area contributed by atoms with Crippen molar-refractivity contribution in [1.82, 2.24) is 24.2 Å². The number of rotatable bonds is 10. The monoisotopic (exact) mass is 559 g/mol. The van der Waals surface area contributed by atoms with Crippen LogP contribution < -0.4 is 9.64 Å². The first kappa shape index (κ1) is 29.5. The number of nitrogens with zero attached hydrogens (tertiary/aromatic N) is 7. The van der Waals surface area contributed by atoms with Gasteiger partial charge >= 0.3 is 0 Å². The van der Waals surface area contributed by atoms with Crippen molar-refractivity contribution in [2.24, 2.45) is 0 Å². The lowest BCUT2D eigenvalue weighted by Crippen LogP contribution is -2.49. The first-order valence-electron chi connectivity index (χ1n) is 11.9. The second-order valence-corrected chi connectivity index (χ2v) is 11.1. The van der Waals surface area contributed by atoms with Gasteiger partial charge in [0.05, 0.1) is 36.2 Å². The standard InChI is InChI=1S/C25H31N7O4S.H2S/c1-30(2)20-6-4-19(5-7-20)22-16-23-24(28-10-9-27-23)25(29-22)36-18-21-17-32(12-14-35-21)37(33,34)15-13-31(3)11-8-26;/h4-7,9-10,16,21H,11-15,17-18H2,1-3H3;1H2/t21-;/m0./s1. The summed E-state index contributed by atoms with van der Waals surface area (Å²) in [7, 11) is 2.20. The molecule has 1 aliphatic rings. The van der Waals surface area contributed by atoms with E-state index in [2.05, 4.69) is 9.97 Å². The molecular formula is C25H33N7O4S2. The Morgan fingerprint density at radius 3 is 2.63 bits per heavy atom. The van der Waals surface area contributed by atoms with E-state index in [1.807, 2.05) is 55.4 Å². The van der Waals surface area contributed by atoms with E-state index in [0.29, 0.717) is 22.6 Å². The molecule has 0 unspecified atom stereocenters. The minimum absolute atomic E-state index is 0. The number of anilines is 1. The van der Waals surface area contributed by atoms with E-state index in [0.717, 1.165) is 11.3 Å². The molecule has 1 saturated heterocycles. The van der Waals surface area contributed by atoms with Crippen molar-refractivity contribution < 1.29 is 17.9 Å². The van der Waals surface area contributed by atoms with Crippen molar-refractivity contribution in [1.29, 1.82) is 5.26 Å². The van der Waals surface area contributed by atoms with E-state index in [1.54, 1.807) is 24.3 Å². The number of fused-ring (bicyclic) bond motifs is 1. The van der Waals surface area contributed by atoms with Gasteiger partial charge in [-0.3, -0.25) is 9.88 Å². The molecule has 0 spiro atoms. The van der Waals surface area contributed by atoms with Gasteiger partial charge in [-0.25, -0.2) is 18.4 Å². The van der Waals surface area contributed by atoms with Crippen LogP contribution in [0.3, 0.4) is 0 Å². The third-order valence-electron chi connectivity index (χ3n) is 6.08. The minimum Gasteiger partial charge on any atom is -0.473 e. The van der Waals surface area contributed by atoms with E-state index in [4.69, 9.17) is 19.7 Å². The van der Waals surface area contributed by atoms with Crippen LogP contribution in [0.5, 0.6) is 5.88 Å². The fourth-order valence-electron chi connectivity index (χ4n) is 3.94. The lowest BCUT2D eigenvalue weighted by molar-refractivity contribution is -0.0254. The summed E-state index contributed by atoms with van der Waals surface area (Å²) < 4.78 is 39.0. The first-order valence-corrected chi connectivity index (χ1v) is 13.5. The predicted octanol–water partition coefficient (Wildman–Crippen LogP) is 1.74. The zero-order chi connectivity index (χ0) is 26.4. The average Bonchev–Trinajstić information content (AvgIpc) is 2.91. The molecule has 0 radical (unpaired) electrons. The summed E-state index contributed by atoms with van der Waals surface area (Å²) in [6.45, 7) is 1.31. The van der Waals surface area contributed by atoms with Gasteiger partial charge in [0.15, 0.2) is 5.52 Å². The van der Waals surface area contributed by atoms with Crippen molar-refractivity contribution in [2.45, 2.75) is 6.10 Å². The zero-order valence-corrected chi connectivity index (χ0v) is 23.6. The molecule has 1 fully saturated rings. The van der Waals surface area contributed by atoms with Gasteiger partial charge in [-0.15, -0.1) is 0 Å². The fraction of sp³-hybridized carbons (Fsp3) is 0.440. The molecule has 1 atom stereocenters. The number of aromatic nitrogens is 3. The highest BCUT2D eigenvalue weighted by molar-refractivity contribution is 7.89. The Morgan fingerprint density at radius 1 is 1.18 bits per heavy atom. The average molecular weight is 560 g/mol. The van der Waals surface area contributed by atoms with Crippen LogP contribution in [0.4, 0.5) is 5.69 Å². The van der Waals surface area contributed by atoms with Crippen molar-refractivity contribution >= 4 is 40.2 Å². The molecule has 0 saturated carbocycles. The van der Waals surface area contributed by atoms with Gasteiger partial charge in [-0.1, -0.05) is 12.1 Å². The van der Waals surface area contributed by atoms with E-state index >= 15 is 0 Å². The number of nitriles is 1. The molecule has 3 heterocycles. The van der Waals surface area contributed by atoms with Gasteiger partial charge in [0, 0.05) is 57.4 Å². The second kappa shape index (κ2) is 13.2. The molecule has 11 nitrogen and oxygen atoms in total. The van der Waals surface area contributed by atoms with Crippen molar-refractivity contribution in [3.8, 4) is 23.2 Å². The number of ether oxygens (including phenoxy) is 2. The number of morpholine rings is 1. The van der Waals surface area contributed by atoms with Crippen LogP contribution in [0.25, 0.3) is 22.3 Å². The number of pyridine rings is 1. The molecule has 1 aromatic carbocycles. The van der Waals surface area contributed by atoms with Crippen LogP contribution in [0.1, 0.15) is 0 Å². The van der Waals surface area contributed by atoms with Gasteiger partial charge in [-0.2, -0.15) is 23.1 Å². The number of sulfonamides is 1. The maximum Gasteiger partial charge on any atom is 0.242 e. The van der Waals surface area contributed by atoms with Gasteiger partial charge < -0.3 is 14.4 Å². The van der Waals surface area contributed by atoms with Gasteiger partial charge in [-0.05, 0) is 25.2 Å². The summed E-state index contributed by atoms with van der Waals surface area (Å²) in [5.41, 5.74) is 3.86. The zero-order valence-electron chi connectivity index (χ0n) is 21.7. The maximum atomic E-state index is 12.8. The SMILES string of the molecule is CN(CC#N)CCS(=O)(=O)N1CCO[C@H](COc2nc(-c3ccc(N(C)C)cc3)cc3nccnc23)C1.S. The molecule has 2 aromatic heterocycles. The van der Waals surface area contributed by atoms with Crippen molar-refractivity contribution in [3.05, 3.63) is 42.7 Å². The Kier molecular flexibility index (Phi) is 10.2. The molecule has 1 aliphatic heterocycles. The van der Waals surface area contributed by atoms with Crippen LogP contribution in [0.2, 0.25) is 0 Å². The normalized spacial score (nSPS) is 16.1. The molecule has 0 bridgehead atoms. The van der Waals surface area contributed by atoms with E-state index < -0.39 is 16.1 Å². The molecule has 0 amide bonds. The first-order chi connectivity index (χ1) is 17.8. The minimum atomic E-state index is -3.49. The van der Waals surface area contributed by atoms with E-state index in [1.165, 1.54) is 4.31 Å². The predicted molar refractivity (Wildman–Crippen MR) is 151 cm³/mol. The van der Waals surface area contributed by atoms with Crippen molar-refractivity contribution in [3.63, 3.8) is 0 Å². The Balaban J connectivity index is 0.00000400. The summed E-state index contributed by atoms with van der Waals surface area (Å²) in [5.74, 6) is 0.258. The summed E-state index contributed by atoms with van der Waals surface area (Å²) in [6.07, 6.45) is 2.74. The number of benzene rings is 1.